The average Bonchev–Trinajstić information content (AvgIpc) is 2.63. The molecule has 2 atom stereocenters. The Morgan fingerprint density at radius 2 is 2.19 bits per heavy atom. The number of rotatable bonds is 5. The predicted octanol–water partition coefficient (Wildman–Crippen LogP) is 3.52. The number of halogens is 3. The molecule has 1 heterocycles. The Morgan fingerprint density at radius 3 is 2.62 bits per heavy atom. The van der Waals surface area contributed by atoms with Gasteiger partial charge >= 0.3 is 6.18 Å². The summed E-state index contributed by atoms with van der Waals surface area (Å²) in [6, 6.07) is -0.675. The number of thiazole rings is 1. The van der Waals surface area contributed by atoms with E-state index in [0.29, 0.717) is 0 Å². The monoisotopic (exact) mass is 252 g/mol. The lowest BCUT2D eigenvalue weighted by Crippen LogP contribution is -2.34. The van der Waals surface area contributed by atoms with Crippen molar-refractivity contribution >= 4 is 11.3 Å². The average molecular weight is 252 g/mol. The zero-order valence-corrected chi connectivity index (χ0v) is 10.0. The van der Waals surface area contributed by atoms with E-state index in [2.05, 4.69) is 10.3 Å². The quantitative estimate of drug-likeness (QED) is 0.867. The highest BCUT2D eigenvalue weighted by molar-refractivity contribution is 7.09. The molecule has 1 N–H and O–H groups in total. The van der Waals surface area contributed by atoms with Crippen molar-refractivity contribution in [3.8, 4) is 0 Å². The number of hydrogen-bond donors (Lipinski definition) is 1. The van der Waals surface area contributed by atoms with Gasteiger partial charge in [-0.1, -0.05) is 6.92 Å². The van der Waals surface area contributed by atoms with Gasteiger partial charge in [-0.05, 0) is 13.3 Å². The molecule has 16 heavy (non-hydrogen) atoms. The van der Waals surface area contributed by atoms with E-state index in [1.807, 2.05) is 12.3 Å². The van der Waals surface area contributed by atoms with Crippen molar-refractivity contribution in [1.29, 1.82) is 0 Å². The third-order valence-corrected chi connectivity index (χ3v) is 3.07. The highest BCUT2D eigenvalue weighted by Crippen LogP contribution is 2.24. The van der Waals surface area contributed by atoms with E-state index < -0.39 is 18.6 Å². The van der Waals surface area contributed by atoms with Gasteiger partial charge in [-0.3, -0.25) is 0 Å². The van der Waals surface area contributed by atoms with Crippen molar-refractivity contribution in [1.82, 2.24) is 10.3 Å². The minimum Gasteiger partial charge on any atom is -0.305 e. The zero-order valence-electron chi connectivity index (χ0n) is 9.21. The Bertz CT molecular complexity index is 298. The highest BCUT2D eigenvalue weighted by Gasteiger charge is 2.30. The number of nitrogens with one attached hydrogen (secondary N) is 1. The van der Waals surface area contributed by atoms with Gasteiger partial charge in [-0.25, -0.2) is 4.98 Å². The molecule has 0 spiro atoms. The van der Waals surface area contributed by atoms with E-state index in [1.54, 1.807) is 13.1 Å². The first-order valence-corrected chi connectivity index (χ1v) is 6.02. The van der Waals surface area contributed by atoms with E-state index in [4.69, 9.17) is 0 Å². The molecule has 0 aliphatic heterocycles. The van der Waals surface area contributed by atoms with Crippen LogP contribution in [0.4, 0.5) is 13.2 Å². The molecule has 1 aromatic rings. The van der Waals surface area contributed by atoms with Crippen LogP contribution in [-0.4, -0.2) is 17.2 Å². The van der Waals surface area contributed by atoms with Gasteiger partial charge in [0.15, 0.2) is 0 Å². The van der Waals surface area contributed by atoms with Crippen molar-refractivity contribution in [3.63, 3.8) is 0 Å². The molecule has 0 aliphatic carbocycles. The van der Waals surface area contributed by atoms with Gasteiger partial charge in [0, 0.05) is 17.6 Å². The lowest BCUT2D eigenvalue weighted by atomic mass is 10.1. The van der Waals surface area contributed by atoms with Crippen LogP contribution in [0.25, 0.3) is 0 Å². The lowest BCUT2D eigenvalue weighted by molar-refractivity contribution is -0.139. The van der Waals surface area contributed by atoms with Crippen LogP contribution in [-0.2, 0) is 0 Å². The Kier molecular flexibility index (Phi) is 4.73. The van der Waals surface area contributed by atoms with E-state index in [0.717, 1.165) is 11.4 Å². The Morgan fingerprint density at radius 1 is 1.50 bits per heavy atom. The maximum absolute atomic E-state index is 12.1. The molecule has 2 nitrogen and oxygen atoms in total. The van der Waals surface area contributed by atoms with Crippen molar-refractivity contribution in [2.24, 2.45) is 0 Å². The molecule has 2 unspecified atom stereocenters. The summed E-state index contributed by atoms with van der Waals surface area (Å²) in [7, 11) is 0. The highest BCUT2D eigenvalue weighted by atomic mass is 32.1. The fourth-order valence-electron chi connectivity index (χ4n) is 1.52. The Labute approximate surface area is 96.9 Å². The van der Waals surface area contributed by atoms with Crippen LogP contribution >= 0.6 is 11.3 Å². The van der Waals surface area contributed by atoms with Crippen LogP contribution in [0.2, 0.25) is 0 Å². The molecular weight excluding hydrogens is 237 g/mol. The summed E-state index contributed by atoms with van der Waals surface area (Å²) in [4.78, 5) is 4.11. The van der Waals surface area contributed by atoms with Gasteiger partial charge in [-0.2, -0.15) is 13.2 Å². The van der Waals surface area contributed by atoms with E-state index in [1.165, 1.54) is 11.3 Å². The normalized spacial score (nSPS) is 16.1. The summed E-state index contributed by atoms with van der Waals surface area (Å²) in [5, 5.41) is 5.62. The van der Waals surface area contributed by atoms with Gasteiger partial charge in [-0.15, -0.1) is 11.3 Å². The third-order valence-electron chi connectivity index (χ3n) is 2.18. The molecule has 0 amide bonds. The molecule has 92 valence electrons. The zero-order chi connectivity index (χ0) is 12.2. The molecule has 0 aliphatic rings. The van der Waals surface area contributed by atoms with Gasteiger partial charge in [0.1, 0.15) is 5.01 Å². The second-order valence-corrected chi connectivity index (χ2v) is 4.64. The number of hydrogen-bond acceptors (Lipinski definition) is 3. The summed E-state index contributed by atoms with van der Waals surface area (Å²) < 4.78 is 36.4. The molecule has 0 fully saturated rings. The van der Waals surface area contributed by atoms with Crippen LogP contribution < -0.4 is 5.32 Å². The standard InChI is InChI=1S/C10H15F3N2S/c1-3-8(9-14-4-5-16-9)15-7(2)6-10(11,12)13/h4-5,7-8,15H,3,6H2,1-2H3. The smallest absolute Gasteiger partial charge is 0.305 e. The molecule has 0 aromatic carbocycles. The second-order valence-electron chi connectivity index (χ2n) is 3.72. The minimum atomic E-state index is -4.12. The van der Waals surface area contributed by atoms with Gasteiger partial charge in [0.05, 0.1) is 12.5 Å². The maximum Gasteiger partial charge on any atom is 0.390 e. The summed E-state index contributed by atoms with van der Waals surface area (Å²) in [5.41, 5.74) is 0. The fraction of sp³-hybridized carbons (Fsp3) is 0.700. The summed E-state index contributed by atoms with van der Waals surface area (Å²) in [5.74, 6) is 0. The van der Waals surface area contributed by atoms with Crippen molar-refractivity contribution < 1.29 is 13.2 Å². The largest absolute Gasteiger partial charge is 0.390 e. The predicted molar refractivity (Wildman–Crippen MR) is 58.4 cm³/mol. The minimum absolute atomic E-state index is 0.0858. The molecule has 6 heteroatoms. The van der Waals surface area contributed by atoms with Crippen molar-refractivity contribution in [2.45, 2.75) is 44.9 Å². The van der Waals surface area contributed by atoms with Crippen LogP contribution in [0.15, 0.2) is 11.6 Å². The first-order chi connectivity index (χ1) is 7.42. The van der Waals surface area contributed by atoms with Crippen LogP contribution in [0.5, 0.6) is 0 Å². The van der Waals surface area contributed by atoms with Crippen LogP contribution in [0, 0.1) is 0 Å². The number of aromatic nitrogens is 1. The molecule has 0 saturated heterocycles. The SMILES string of the molecule is CCC(NC(C)CC(F)(F)F)c1nccs1. The number of nitrogens with zero attached hydrogens (tertiary/aromatic N) is 1. The first kappa shape index (κ1) is 13.4. The van der Waals surface area contributed by atoms with E-state index >= 15 is 0 Å². The van der Waals surface area contributed by atoms with Crippen molar-refractivity contribution in [2.75, 3.05) is 0 Å². The van der Waals surface area contributed by atoms with Crippen LogP contribution in [0.3, 0.4) is 0 Å². The molecule has 0 saturated carbocycles. The third kappa shape index (κ3) is 4.49. The van der Waals surface area contributed by atoms with E-state index in [9.17, 15) is 13.2 Å². The first-order valence-electron chi connectivity index (χ1n) is 5.14. The van der Waals surface area contributed by atoms with Gasteiger partial charge in [0.25, 0.3) is 0 Å². The summed E-state index contributed by atoms with van der Waals surface area (Å²) in [6.45, 7) is 3.48. The van der Waals surface area contributed by atoms with E-state index in [-0.39, 0.29) is 6.04 Å². The molecule has 1 rings (SSSR count). The molecular formula is C10H15F3N2S. The lowest BCUT2D eigenvalue weighted by Gasteiger charge is -2.21. The van der Waals surface area contributed by atoms with Crippen LogP contribution in [0.1, 0.15) is 37.7 Å². The summed E-state index contributed by atoms with van der Waals surface area (Å²) >= 11 is 1.46. The van der Waals surface area contributed by atoms with Gasteiger partial charge < -0.3 is 5.32 Å². The molecule has 0 bridgehead atoms. The Hall–Kier alpha value is -0.620. The fourth-order valence-corrected chi connectivity index (χ4v) is 2.30. The topological polar surface area (TPSA) is 24.9 Å². The molecule has 0 radical (unpaired) electrons. The van der Waals surface area contributed by atoms with Crippen molar-refractivity contribution in [3.05, 3.63) is 16.6 Å². The number of alkyl halides is 3. The maximum atomic E-state index is 12.1. The summed E-state index contributed by atoms with van der Waals surface area (Å²) in [6.07, 6.45) is -2.53. The molecule has 1 aromatic heterocycles. The Balaban J connectivity index is 2.51. The van der Waals surface area contributed by atoms with Gasteiger partial charge in [0.2, 0.25) is 0 Å². The second kappa shape index (κ2) is 5.63.